The Morgan fingerprint density at radius 1 is 1.27 bits per heavy atom. The van der Waals surface area contributed by atoms with Gasteiger partial charge >= 0.3 is 0 Å². The van der Waals surface area contributed by atoms with Crippen molar-refractivity contribution in [3.63, 3.8) is 0 Å². The number of amides is 1. The van der Waals surface area contributed by atoms with E-state index in [1.807, 2.05) is 12.1 Å². The average molecular weight is 320 g/mol. The molecular weight excluding hydrogens is 300 g/mol. The van der Waals surface area contributed by atoms with Gasteiger partial charge in [-0.15, -0.1) is 0 Å². The van der Waals surface area contributed by atoms with Crippen LogP contribution < -0.4 is 0 Å². The molecule has 0 aliphatic rings. The lowest BCUT2D eigenvalue weighted by Gasteiger charge is -2.25. The molecule has 2 aromatic rings. The number of benzene rings is 1. The van der Waals surface area contributed by atoms with Gasteiger partial charge in [0.05, 0.1) is 11.3 Å². The van der Waals surface area contributed by atoms with Crippen LogP contribution in [-0.2, 0) is 9.84 Å². The largest absolute Gasteiger partial charge is 0.338 e. The van der Waals surface area contributed by atoms with Gasteiger partial charge in [-0.25, -0.2) is 8.42 Å². The normalized spacial score (nSPS) is 13.0. The van der Waals surface area contributed by atoms with E-state index in [4.69, 9.17) is 0 Å². The lowest BCUT2D eigenvalue weighted by Crippen LogP contribution is -2.39. The molecule has 0 N–H and O–H groups in total. The maximum absolute atomic E-state index is 12.7. The molecule has 0 spiro atoms. The number of hydrogen-bond donors (Lipinski definition) is 0. The van der Waals surface area contributed by atoms with Crippen molar-refractivity contribution in [1.29, 1.82) is 0 Å². The van der Waals surface area contributed by atoms with Gasteiger partial charge in [0.15, 0.2) is 9.84 Å². The smallest absolute Gasteiger partial charge is 0.254 e. The summed E-state index contributed by atoms with van der Waals surface area (Å²) in [6, 6.07) is 8.61. The Balaban J connectivity index is 2.30. The number of rotatable bonds is 5. The molecule has 0 saturated heterocycles. The zero-order valence-electron chi connectivity index (χ0n) is 13.0. The number of pyridine rings is 1. The zero-order chi connectivity index (χ0) is 16.3. The summed E-state index contributed by atoms with van der Waals surface area (Å²) < 4.78 is 23.5. The molecule has 1 amide bonds. The number of sulfone groups is 1. The molecule has 0 radical (unpaired) electrons. The molecule has 1 aromatic heterocycles. The fourth-order valence-electron chi connectivity index (χ4n) is 2.28. The summed E-state index contributed by atoms with van der Waals surface area (Å²) in [6.07, 6.45) is 1.68. The van der Waals surface area contributed by atoms with Crippen molar-refractivity contribution in [3.8, 4) is 0 Å². The van der Waals surface area contributed by atoms with Crippen LogP contribution >= 0.6 is 0 Å². The summed E-state index contributed by atoms with van der Waals surface area (Å²) in [5, 5.41) is 0.771. The van der Waals surface area contributed by atoms with Gasteiger partial charge in [-0.3, -0.25) is 9.78 Å². The predicted octanol–water partition coefficient (Wildman–Crippen LogP) is 2.13. The number of carbonyl (C=O) groups is 1. The molecule has 5 nitrogen and oxygen atoms in total. The Morgan fingerprint density at radius 2 is 2.00 bits per heavy atom. The van der Waals surface area contributed by atoms with Crippen LogP contribution in [0.3, 0.4) is 0 Å². The average Bonchev–Trinajstić information content (AvgIpc) is 2.52. The van der Waals surface area contributed by atoms with Gasteiger partial charge in [0, 0.05) is 36.0 Å². The molecule has 0 unspecified atom stereocenters. The van der Waals surface area contributed by atoms with E-state index in [2.05, 4.69) is 4.98 Å². The Labute approximate surface area is 130 Å². The van der Waals surface area contributed by atoms with Crippen LogP contribution in [0.4, 0.5) is 0 Å². The van der Waals surface area contributed by atoms with Crippen molar-refractivity contribution in [1.82, 2.24) is 9.88 Å². The topological polar surface area (TPSA) is 67.3 Å². The Bertz CT molecular complexity index is 782. The molecule has 1 aromatic carbocycles. The van der Waals surface area contributed by atoms with E-state index in [0.29, 0.717) is 5.56 Å². The third-order valence-electron chi connectivity index (χ3n) is 3.79. The molecule has 0 bridgehead atoms. The molecule has 0 aliphatic heterocycles. The number of nitrogens with zero attached hydrogens (tertiary/aromatic N) is 2. The SMILES string of the molecule is CCS(=O)(=O)C[C@@H](C)N(C)C(=O)c1cccc2ncccc12. The van der Waals surface area contributed by atoms with Gasteiger partial charge in [0.1, 0.15) is 0 Å². The monoisotopic (exact) mass is 320 g/mol. The second-order valence-electron chi connectivity index (χ2n) is 5.34. The van der Waals surface area contributed by atoms with Gasteiger partial charge < -0.3 is 4.90 Å². The van der Waals surface area contributed by atoms with E-state index >= 15 is 0 Å². The minimum absolute atomic E-state index is 0.0330. The molecule has 118 valence electrons. The summed E-state index contributed by atoms with van der Waals surface area (Å²) in [6.45, 7) is 3.36. The highest BCUT2D eigenvalue weighted by Crippen LogP contribution is 2.19. The lowest BCUT2D eigenvalue weighted by molar-refractivity contribution is 0.0759. The molecule has 6 heteroatoms. The second-order valence-corrected chi connectivity index (χ2v) is 7.74. The minimum Gasteiger partial charge on any atom is -0.338 e. The van der Waals surface area contributed by atoms with E-state index in [9.17, 15) is 13.2 Å². The van der Waals surface area contributed by atoms with Crippen LogP contribution in [0.5, 0.6) is 0 Å². The van der Waals surface area contributed by atoms with E-state index in [1.54, 1.807) is 45.3 Å². The van der Waals surface area contributed by atoms with Crippen LogP contribution in [0.15, 0.2) is 36.5 Å². The van der Waals surface area contributed by atoms with E-state index in [-0.39, 0.29) is 23.5 Å². The molecule has 1 heterocycles. The van der Waals surface area contributed by atoms with E-state index in [1.165, 1.54) is 4.90 Å². The van der Waals surface area contributed by atoms with Crippen molar-refractivity contribution in [3.05, 3.63) is 42.1 Å². The zero-order valence-corrected chi connectivity index (χ0v) is 13.8. The third-order valence-corrected chi connectivity index (χ3v) is 5.66. The van der Waals surface area contributed by atoms with Crippen LogP contribution in [0.25, 0.3) is 10.9 Å². The molecule has 22 heavy (non-hydrogen) atoms. The van der Waals surface area contributed by atoms with Crippen LogP contribution in [0.2, 0.25) is 0 Å². The first-order valence-electron chi connectivity index (χ1n) is 7.17. The number of hydrogen-bond acceptors (Lipinski definition) is 4. The summed E-state index contributed by atoms with van der Waals surface area (Å²) in [5.74, 6) is -0.149. The standard InChI is InChI=1S/C16H20N2O3S/c1-4-22(20,21)11-12(2)18(3)16(19)14-7-5-9-15-13(14)8-6-10-17-15/h5-10,12H,4,11H2,1-3H3/t12-/m1/s1. The van der Waals surface area contributed by atoms with Crippen molar-refractivity contribution in [2.75, 3.05) is 18.6 Å². The number of carbonyl (C=O) groups excluding carboxylic acids is 1. The minimum atomic E-state index is -3.13. The molecular formula is C16H20N2O3S. The first kappa shape index (κ1) is 16.4. The molecule has 0 aliphatic carbocycles. The molecule has 0 saturated carbocycles. The Morgan fingerprint density at radius 3 is 2.68 bits per heavy atom. The summed E-state index contributed by atoms with van der Waals surface area (Å²) in [7, 11) is -1.50. The van der Waals surface area contributed by atoms with Crippen molar-refractivity contribution in [2.24, 2.45) is 0 Å². The fourth-order valence-corrected chi connectivity index (χ4v) is 3.47. The first-order valence-corrected chi connectivity index (χ1v) is 8.99. The Kier molecular flexibility index (Phi) is 4.81. The van der Waals surface area contributed by atoms with E-state index < -0.39 is 9.84 Å². The van der Waals surface area contributed by atoms with E-state index in [0.717, 1.165) is 10.9 Å². The fraction of sp³-hybridized carbons (Fsp3) is 0.375. The first-order chi connectivity index (χ1) is 10.4. The second kappa shape index (κ2) is 6.44. The summed E-state index contributed by atoms with van der Waals surface area (Å²) in [5.41, 5.74) is 1.28. The lowest BCUT2D eigenvalue weighted by atomic mass is 10.1. The van der Waals surface area contributed by atoms with Gasteiger partial charge in [0.25, 0.3) is 5.91 Å². The highest BCUT2D eigenvalue weighted by Gasteiger charge is 2.23. The number of aromatic nitrogens is 1. The van der Waals surface area contributed by atoms with Crippen LogP contribution in [-0.4, -0.2) is 48.8 Å². The highest BCUT2D eigenvalue weighted by atomic mass is 32.2. The van der Waals surface area contributed by atoms with Crippen molar-refractivity contribution < 1.29 is 13.2 Å². The molecule has 1 atom stereocenters. The van der Waals surface area contributed by atoms with Crippen LogP contribution in [0, 0.1) is 0 Å². The predicted molar refractivity (Wildman–Crippen MR) is 87.6 cm³/mol. The van der Waals surface area contributed by atoms with Crippen molar-refractivity contribution >= 4 is 26.6 Å². The summed E-state index contributed by atoms with van der Waals surface area (Å²) in [4.78, 5) is 18.4. The van der Waals surface area contributed by atoms with Crippen LogP contribution in [0.1, 0.15) is 24.2 Å². The molecule has 0 fully saturated rings. The Hall–Kier alpha value is -1.95. The van der Waals surface area contributed by atoms with Gasteiger partial charge in [-0.1, -0.05) is 19.1 Å². The molecule has 2 rings (SSSR count). The quantitative estimate of drug-likeness (QED) is 0.846. The highest BCUT2D eigenvalue weighted by molar-refractivity contribution is 7.91. The number of fused-ring (bicyclic) bond motifs is 1. The third kappa shape index (κ3) is 3.44. The van der Waals surface area contributed by atoms with Gasteiger partial charge in [0.2, 0.25) is 0 Å². The van der Waals surface area contributed by atoms with Crippen molar-refractivity contribution in [2.45, 2.75) is 19.9 Å². The maximum atomic E-state index is 12.7. The maximum Gasteiger partial charge on any atom is 0.254 e. The van der Waals surface area contributed by atoms with Gasteiger partial charge in [-0.05, 0) is 25.1 Å². The summed E-state index contributed by atoms with van der Waals surface area (Å²) >= 11 is 0. The van der Waals surface area contributed by atoms with Gasteiger partial charge in [-0.2, -0.15) is 0 Å².